The number of nitrogens with zero attached hydrogens (tertiary/aromatic N) is 1. The van der Waals surface area contributed by atoms with Gasteiger partial charge in [-0.25, -0.2) is 0 Å². The van der Waals surface area contributed by atoms with Crippen LogP contribution in [-0.4, -0.2) is 30.4 Å². The second kappa shape index (κ2) is 8.20. The summed E-state index contributed by atoms with van der Waals surface area (Å²) in [5.41, 5.74) is -1.16. The number of carbonyl (C=O) groups is 1. The van der Waals surface area contributed by atoms with E-state index in [0.717, 1.165) is 36.8 Å². The lowest BCUT2D eigenvalue weighted by molar-refractivity contribution is -0.137. The predicted octanol–water partition coefficient (Wildman–Crippen LogP) is 5.38. The summed E-state index contributed by atoms with van der Waals surface area (Å²) >= 11 is 7.44. The molecule has 0 radical (unpaired) electrons. The third-order valence-electron chi connectivity index (χ3n) is 4.90. The zero-order valence-electron chi connectivity index (χ0n) is 14.7. The monoisotopic (exact) mass is 416 g/mol. The molecule has 1 amide bonds. The van der Waals surface area contributed by atoms with Crippen molar-refractivity contribution in [3.8, 4) is 0 Å². The number of hydrogen-bond acceptors (Lipinski definition) is 3. The van der Waals surface area contributed by atoms with Crippen LogP contribution in [-0.2, 0) is 6.18 Å². The quantitative estimate of drug-likeness (QED) is 0.726. The van der Waals surface area contributed by atoms with Gasteiger partial charge in [0.2, 0.25) is 0 Å². The van der Waals surface area contributed by atoms with E-state index in [1.165, 1.54) is 23.5 Å². The normalized spacial score (nSPS) is 19.7. The van der Waals surface area contributed by atoms with E-state index in [1.54, 1.807) is 0 Å². The third-order valence-corrected chi connectivity index (χ3v) is 6.26. The average molecular weight is 417 g/mol. The standard InChI is InChI=1S/C19H20ClF3N2OS/c1-25-10-3-2-8-14(25)17(15-9-5-11-27-15)24-18(26)12-6-4-7-13(16(12)20)19(21,22)23/h4-7,9,11,14,17H,2-3,8,10H2,1H3,(H,24,26). The summed E-state index contributed by atoms with van der Waals surface area (Å²) in [6.07, 6.45) is -1.55. The van der Waals surface area contributed by atoms with E-state index >= 15 is 0 Å². The topological polar surface area (TPSA) is 32.3 Å². The van der Waals surface area contributed by atoms with Crippen molar-refractivity contribution >= 4 is 28.8 Å². The highest BCUT2D eigenvalue weighted by Gasteiger charge is 2.36. The maximum atomic E-state index is 13.1. The molecule has 3 nitrogen and oxygen atoms in total. The van der Waals surface area contributed by atoms with Crippen molar-refractivity contribution in [3.63, 3.8) is 0 Å². The van der Waals surface area contributed by atoms with Gasteiger partial charge in [0.05, 0.1) is 22.2 Å². The Kier molecular flexibility index (Phi) is 6.13. The summed E-state index contributed by atoms with van der Waals surface area (Å²) in [4.78, 5) is 16.0. The number of thiophene rings is 1. The Morgan fingerprint density at radius 3 is 2.70 bits per heavy atom. The van der Waals surface area contributed by atoms with Crippen molar-refractivity contribution in [2.45, 2.75) is 37.5 Å². The number of alkyl halides is 3. The minimum absolute atomic E-state index is 0.0888. The van der Waals surface area contributed by atoms with Gasteiger partial charge in [0.1, 0.15) is 0 Å². The van der Waals surface area contributed by atoms with Gasteiger partial charge in [-0.15, -0.1) is 11.3 Å². The van der Waals surface area contributed by atoms with E-state index in [-0.39, 0.29) is 17.6 Å². The van der Waals surface area contributed by atoms with Crippen molar-refractivity contribution in [1.29, 1.82) is 0 Å². The average Bonchev–Trinajstić information content (AvgIpc) is 3.14. The lowest BCUT2D eigenvalue weighted by Crippen LogP contribution is -2.46. The molecule has 0 spiro atoms. The summed E-state index contributed by atoms with van der Waals surface area (Å²) in [6.45, 7) is 0.923. The zero-order chi connectivity index (χ0) is 19.6. The molecule has 2 aromatic rings. The van der Waals surface area contributed by atoms with E-state index in [0.29, 0.717) is 0 Å². The summed E-state index contributed by atoms with van der Waals surface area (Å²) in [5, 5.41) is 4.29. The summed E-state index contributed by atoms with van der Waals surface area (Å²) < 4.78 is 39.3. The minimum Gasteiger partial charge on any atom is -0.343 e. The molecule has 1 fully saturated rings. The van der Waals surface area contributed by atoms with Gasteiger partial charge in [-0.2, -0.15) is 13.2 Å². The number of piperidine rings is 1. The first-order valence-corrected chi connectivity index (χ1v) is 9.95. The molecule has 0 saturated carbocycles. The highest BCUT2D eigenvalue weighted by molar-refractivity contribution is 7.10. The Bertz CT molecular complexity index is 795. The largest absolute Gasteiger partial charge is 0.417 e. The van der Waals surface area contributed by atoms with Gasteiger partial charge in [-0.05, 0) is 50.0 Å². The van der Waals surface area contributed by atoms with Gasteiger partial charge in [0, 0.05) is 10.9 Å². The van der Waals surface area contributed by atoms with Crippen molar-refractivity contribution in [2.75, 3.05) is 13.6 Å². The molecule has 3 rings (SSSR count). The van der Waals surface area contributed by atoms with Crippen LogP contribution in [0.25, 0.3) is 0 Å². The molecular formula is C19H20ClF3N2OS. The number of nitrogens with one attached hydrogen (secondary N) is 1. The molecule has 27 heavy (non-hydrogen) atoms. The molecule has 146 valence electrons. The van der Waals surface area contributed by atoms with Crippen LogP contribution in [0.1, 0.15) is 46.1 Å². The Balaban J connectivity index is 1.90. The molecular weight excluding hydrogens is 397 g/mol. The number of amides is 1. The van der Waals surface area contributed by atoms with Crippen LogP contribution in [0.5, 0.6) is 0 Å². The van der Waals surface area contributed by atoms with Crippen LogP contribution in [0, 0.1) is 0 Å². The minimum atomic E-state index is -4.61. The first-order valence-electron chi connectivity index (χ1n) is 8.69. The molecule has 2 heterocycles. The number of likely N-dealkylation sites (N-methyl/N-ethyl adjacent to an activating group) is 1. The number of carbonyl (C=O) groups excluding carboxylic acids is 1. The van der Waals surface area contributed by atoms with Gasteiger partial charge >= 0.3 is 6.18 Å². The summed E-state index contributed by atoms with van der Waals surface area (Å²) in [6, 6.07) is 7.04. The molecule has 1 aromatic carbocycles. The van der Waals surface area contributed by atoms with E-state index < -0.39 is 22.7 Å². The number of hydrogen-bond donors (Lipinski definition) is 1. The van der Waals surface area contributed by atoms with Crippen molar-refractivity contribution in [2.24, 2.45) is 0 Å². The maximum absolute atomic E-state index is 13.1. The number of rotatable bonds is 4. The van der Waals surface area contributed by atoms with E-state index in [9.17, 15) is 18.0 Å². The fraction of sp³-hybridized carbons (Fsp3) is 0.421. The zero-order valence-corrected chi connectivity index (χ0v) is 16.3. The van der Waals surface area contributed by atoms with E-state index in [1.807, 2.05) is 24.6 Å². The second-order valence-corrected chi connectivity index (χ2v) is 8.03. The van der Waals surface area contributed by atoms with Crippen molar-refractivity contribution < 1.29 is 18.0 Å². The van der Waals surface area contributed by atoms with Crippen LogP contribution in [0.15, 0.2) is 35.7 Å². The Morgan fingerprint density at radius 2 is 2.07 bits per heavy atom. The van der Waals surface area contributed by atoms with Crippen LogP contribution < -0.4 is 5.32 Å². The summed E-state index contributed by atoms with van der Waals surface area (Å²) in [5.74, 6) is -0.594. The Hall–Kier alpha value is -1.57. The lowest BCUT2D eigenvalue weighted by atomic mass is 9.94. The SMILES string of the molecule is CN1CCCCC1C(NC(=O)c1cccc(C(F)(F)F)c1Cl)c1cccs1. The lowest BCUT2D eigenvalue weighted by Gasteiger charge is -2.38. The molecule has 1 aromatic heterocycles. The molecule has 1 aliphatic rings. The van der Waals surface area contributed by atoms with Crippen LogP contribution in [0.2, 0.25) is 5.02 Å². The van der Waals surface area contributed by atoms with E-state index in [4.69, 9.17) is 11.6 Å². The fourth-order valence-electron chi connectivity index (χ4n) is 3.49. The molecule has 1 aliphatic heterocycles. The van der Waals surface area contributed by atoms with Crippen LogP contribution in [0.3, 0.4) is 0 Å². The van der Waals surface area contributed by atoms with Crippen LogP contribution >= 0.6 is 22.9 Å². The van der Waals surface area contributed by atoms with Gasteiger partial charge in [-0.3, -0.25) is 4.79 Å². The van der Waals surface area contributed by atoms with Gasteiger partial charge in [0.15, 0.2) is 0 Å². The first-order chi connectivity index (χ1) is 12.8. The maximum Gasteiger partial charge on any atom is 0.417 e. The molecule has 2 atom stereocenters. The molecule has 0 bridgehead atoms. The highest BCUT2D eigenvalue weighted by Crippen LogP contribution is 2.37. The smallest absolute Gasteiger partial charge is 0.343 e. The first kappa shape index (κ1) is 20.2. The molecule has 2 unspecified atom stereocenters. The van der Waals surface area contributed by atoms with Crippen molar-refractivity contribution in [3.05, 3.63) is 56.7 Å². The summed E-state index contributed by atoms with van der Waals surface area (Å²) in [7, 11) is 2.01. The molecule has 0 aliphatic carbocycles. The second-order valence-electron chi connectivity index (χ2n) is 6.68. The van der Waals surface area contributed by atoms with Gasteiger partial charge in [-0.1, -0.05) is 30.2 Å². The number of benzene rings is 1. The molecule has 8 heteroatoms. The van der Waals surface area contributed by atoms with Gasteiger partial charge < -0.3 is 10.2 Å². The third kappa shape index (κ3) is 4.47. The molecule has 1 N–H and O–H groups in total. The number of likely N-dealkylation sites (tertiary alicyclic amines) is 1. The number of halogens is 4. The van der Waals surface area contributed by atoms with Gasteiger partial charge in [0.25, 0.3) is 5.91 Å². The van der Waals surface area contributed by atoms with Crippen molar-refractivity contribution in [1.82, 2.24) is 10.2 Å². The predicted molar refractivity (Wildman–Crippen MR) is 101 cm³/mol. The van der Waals surface area contributed by atoms with E-state index in [2.05, 4.69) is 10.2 Å². The van der Waals surface area contributed by atoms with Crippen LogP contribution in [0.4, 0.5) is 13.2 Å². The Morgan fingerprint density at radius 1 is 1.30 bits per heavy atom. The molecule has 1 saturated heterocycles. The fourth-order valence-corrected chi connectivity index (χ4v) is 4.65. The highest BCUT2D eigenvalue weighted by atomic mass is 35.5. The Labute approximate surface area is 165 Å².